The Morgan fingerprint density at radius 3 is 2.64 bits per heavy atom. The Morgan fingerprint density at radius 1 is 1.09 bits per heavy atom. The molecule has 1 aromatic heterocycles. The average molecular weight is 443 g/mol. The fraction of sp³-hybridized carbons (Fsp3) is 0.269. The molecule has 1 N–H and O–H groups in total. The van der Waals surface area contributed by atoms with Gasteiger partial charge in [0.05, 0.1) is 12.7 Å². The van der Waals surface area contributed by atoms with E-state index in [0.29, 0.717) is 44.1 Å². The molecule has 0 radical (unpaired) electrons. The monoisotopic (exact) mass is 442 g/mol. The fourth-order valence-corrected chi connectivity index (χ4v) is 3.62. The lowest BCUT2D eigenvalue weighted by Gasteiger charge is -2.35. The van der Waals surface area contributed by atoms with Crippen LogP contribution in [0.1, 0.15) is 21.5 Å². The van der Waals surface area contributed by atoms with Crippen LogP contribution >= 0.6 is 0 Å². The topological polar surface area (TPSA) is 74.8 Å². The van der Waals surface area contributed by atoms with Crippen LogP contribution in [0.3, 0.4) is 0 Å². The van der Waals surface area contributed by atoms with E-state index in [2.05, 4.69) is 27.3 Å². The van der Waals surface area contributed by atoms with E-state index in [1.165, 1.54) is 0 Å². The molecule has 1 aliphatic heterocycles. The summed E-state index contributed by atoms with van der Waals surface area (Å²) in [6.07, 6.45) is 1.71. The Balaban J connectivity index is 1.22. The Labute approximate surface area is 194 Å². The molecule has 33 heavy (non-hydrogen) atoms. The molecule has 7 nitrogen and oxygen atoms in total. The van der Waals surface area contributed by atoms with Crippen molar-refractivity contribution in [2.75, 3.05) is 37.6 Å². The van der Waals surface area contributed by atoms with Gasteiger partial charge in [-0.3, -0.25) is 9.59 Å². The number of benzene rings is 1. The molecule has 0 aliphatic carbocycles. The summed E-state index contributed by atoms with van der Waals surface area (Å²) >= 11 is 0. The van der Waals surface area contributed by atoms with Crippen LogP contribution in [-0.4, -0.2) is 54.4 Å². The van der Waals surface area contributed by atoms with Gasteiger partial charge in [-0.1, -0.05) is 35.9 Å². The molecule has 1 saturated heterocycles. The zero-order chi connectivity index (χ0) is 23.0. The number of rotatable bonds is 7. The molecule has 168 valence electrons. The standard InChI is InChI=1S/C26H26N4O3/c1-20-6-5-9-22(16-20)26(32)28-18-25(31)30-14-12-29(13-15-30)24-11-10-23(17-27-24)33-19-21-7-3-2-4-8-21/h2-3,5-7,9-11,16-17H,12-15,18-19H2,1H3,(H,28,32). The first-order valence-electron chi connectivity index (χ1n) is 10.9. The Bertz CT molecular complexity index is 1080. The third-order valence-electron chi connectivity index (χ3n) is 5.46. The van der Waals surface area contributed by atoms with Crippen molar-refractivity contribution in [2.45, 2.75) is 13.5 Å². The highest BCUT2D eigenvalue weighted by Gasteiger charge is 2.22. The van der Waals surface area contributed by atoms with Crippen molar-refractivity contribution in [3.05, 3.63) is 89.6 Å². The van der Waals surface area contributed by atoms with Crippen molar-refractivity contribution in [1.82, 2.24) is 15.2 Å². The number of aryl methyl sites for hydroxylation is 1. The molecular weight excluding hydrogens is 416 g/mol. The number of nitrogens with one attached hydrogen (secondary N) is 1. The zero-order valence-electron chi connectivity index (χ0n) is 18.6. The van der Waals surface area contributed by atoms with Crippen LogP contribution in [0.5, 0.6) is 5.75 Å². The largest absolute Gasteiger partial charge is 0.487 e. The van der Waals surface area contributed by atoms with Crippen molar-refractivity contribution in [2.24, 2.45) is 0 Å². The maximum absolute atomic E-state index is 12.5. The Hall–Kier alpha value is -4.05. The van der Waals surface area contributed by atoms with E-state index in [1.54, 1.807) is 29.3 Å². The number of amides is 2. The van der Waals surface area contributed by atoms with Gasteiger partial charge in [0.15, 0.2) is 0 Å². The first-order chi connectivity index (χ1) is 16.1. The number of carbonyl (C=O) groups is 2. The molecule has 2 amide bonds. The van der Waals surface area contributed by atoms with Gasteiger partial charge in [0.25, 0.3) is 5.91 Å². The predicted molar refractivity (Wildman–Crippen MR) is 125 cm³/mol. The minimum atomic E-state index is -0.236. The molecule has 2 aromatic carbocycles. The van der Waals surface area contributed by atoms with E-state index in [4.69, 9.17) is 4.74 Å². The SMILES string of the molecule is Cc1cccc(C(=O)NCC(=O)N2CCN(c3ccc(OCc4c#cccc4)cn3)CC2)c1. The first kappa shape index (κ1) is 22.2. The minimum Gasteiger partial charge on any atom is -0.487 e. The van der Waals surface area contributed by atoms with Crippen molar-refractivity contribution in [3.63, 3.8) is 0 Å². The lowest BCUT2D eigenvalue weighted by molar-refractivity contribution is -0.130. The van der Waals surface area contributed by atoms with Gasteiger partial charge in [-0.15, -0.1) is 0 Å². The molecule has 0 spiro atoms. The van der Waals surface area contributed by atoms with Crippen LogP contribution in [0, 0.1) is 19.1 Å². The number of hydrogen-bond acceptors (Lipinski definition) is 5. The lowest BCUT2D eigenvalue weighted by Crippen LogP contribution is -2.51. The molecule has 1 aliphatic rings. The zero-order valence-corrected chi connectivity index (χ0v) is 18.6. The number of carbonyl (C=O) groups excluding carboxylic acids is 2. The number of anilines is 1. The first-order valence-corrected chi connectivity index (χ1v) is 10.9. The molecule has 0 bridgehead atoms. The summed E-state index contributed by atoms with van der Waals surface area (Å²) in [5, 5.41) is 2.72. The number of hydrogen-bond donors (Lipinski definition) is 1. The summed E-state index contributed by atoms with van der Waals surface area (Å²) in [4.78, 5) is 33.2. The smallest absolute Gasteiger partial charge is 0.251 e. The van der Waals surface area contributed by atoms with Crippen LogP contribution in [-0.2, 0) is 11.4 Å². The van der Waals surface area contributed by atoms with Gasteiger partial charge in [0.1, 0.15) is 18.2 Å². The normalized spacial score (nSPS) is 13.2. The highest BCUT2D eigenvalue weighted by molar-refractivity contribution is 5.96. The second-order valence-electron chi connectivity index (χ2n) is 7.88. The van der Waals surface area contributed by atoms with E-state index in [0.717, 1.165) is 16.9 Å². The van der Waals surface area contributed by atoms with Gasteiger partial charge in [-0.25, -0.2) is 4.98 Å². The fourth-order valence-electron chi connectivity index (χ4n) is 3.62. The quantitative estimate of drug-likeness (QED) is 0.609. The van der Waals surface area contributed by atoms with Gasteiger partial charge in [0.2, 0.25) is 5.91 Å². The summed E-state index contributed by atoms with van der Waals surface area (Å²) in [7, 11) is 0. The third-order valence-corrected chi connectivity index (χ3v) is 5.46. The van der Waals surface area contributed by atoms with Gasteiger partial charge >= 0.3 is 0 Å². The van der Waals surface area contributed by atoms with E-state index < -0.39 is 0 Å². The summed E-state index contributed by atoms with van der Waals surface area (Å²) in [6.45, 7) is 4.87. The van der Waals surface area contributed by atoms with E-state index in [9.17, 15) is 9.59 Å². The van der Waals surface area contributed by atoms with Gasteiger partial charge in [0, 0.05) is 37.3 Å². The second-order valence-corrected chi connectivity index (χ2v) is 7.88. The minimum absolute atomic E-state index is 0.00629. The Kier molecular flexibility index (Phi) is 7.06. The van der Waals surface area contributed by atoms with Gasteiger partial charge < -0.3 is 19.9 Å². The molecule has 4 rings (SSSR count). The second kappa shape index (κ2) is 10.5. The van der Waals surface area contributed by atoms with Crippen molar-refractivity contribution >= 4 is 17.6 Å². The predicted octanol–water partition coefficient (Wildman–Crippen LogP) is 2.65. The lowest BCUT2D eigenvalue weighted by atomic mass is 10.1. The van der Waals surface area contributed by atoms with Crippen LogP contribution in [0.2, 0.25) is 0 Å². The summed E-state index contributed by atoms with van der Waals surface area (Å²) in [6, 6.07) is 22.7. The van der Waals surface area contributed by atoms with Crippen LogP contribution in [0.25, 0.3) is 0 Å². The van der Waals surface area contributed by atoms with Crippen LogP contribution in [0.4, 0.5) is 5.82 Å². The summed E-state index contributed by atoms with van der Waals surface area (Å²) in [5.74, 6) is 1.22. The van der Waals surface area contributed by atoms with E-state index in [1.807, 2.05) is 43.3 Å². The number of aromatic nitrogens is 1. The summed E-state index contributed by atoms with van der Waals surface area (Å²) in [5.41, 5.74) is 2.50. The Morgan fingerprint density at radius 2 is 1.94 bits per heavy atom. The molecule has 0 saturated carbocycles. The molecule has 7 heteroatoms. The maximum Gasteiger partial charge on any atom is 0.251 e. The van der Waals surface area contributed by atoms with Crippen molar-refractivity contribution < 1.29 is 14.3 Å². The highest BCUT2D eigenvalue weighted by atomic mass is 16.5. The van der Waals surface area contributed by atoms with Crippen LogP contribution in [0.15, 0.2) is 60.8 Å². The molecule has 0 atom stereocenters. The number of ether oxygens (including phenoxy) is 1. The van der Waals surface area contributed by atoms with Crippen molar-refractivity contribution in [3.8, 4) is 5.75 Å². The molecule has 2 heterocycles. The van der Waals surface area contributed by atoms with Gasteiger partial charge in [-0.2, -0.15) is 0 Å². The average Bonchev–Trinajstić information content (AvgIpc) is 2.87. The third kappa shape index (κ3) is 6.01. The summed E-state index contributed by atoms with van der Waals surface area (Å²) < 4.78 is 5.75. The molecule has 3 aromatic rings. The van der Waals surface area contributed by atoms with Crippen LogP contribution < -0.4 is 15.0 Å². The number of pyridine rings is 1. The highest BCUT2D eigenvalue weighted by Crippen LogP contribution is 2.18. The number of piperazine rings is 1. The molecule has 0 unspecified atom stereocenters. The molecular formula is C26H26N4O3. The molecule has 1 fully saturated rings. The van der Waals surface area contributed by atoms with Gasteiger partial charge in [-0.05, 0) is 43.3 Å². The maximum atomic E-state index is 12.5. The van der Waals surface area contributed by atoms with Crippen molar-refractivity contribution in [1.29, 1.82) is 0 Å². The number of nitrogens with zero attached hydrogens (tertiary/aromatic N) is 3. The van der Waals surface area contributed by atoms with E-state index in [-0.39, 0.29) is 18.4 Å². The van der Waals surface area contributed by atoms with E-state index >= 15 is 0 Å².